The average Bonchev–Trinajstić information content (AvgIpc) is 2.46. The molecule has 2 rings (SSSR count). The van der Waals surface area contributed by atoms with E-state index in [1.165, 1.54) is 12.1 Å². The topological polar surface area (TPSA) is 49.8 Å². The Morgan fingerprint density at radius 2 is 2.04 bits per heavy atom. The van der Waals surface area contributed by atoms with E-state index >= 15 is 0 Å². The highest BCUT2D eigenvalue weighted by molar-refractivity contribution is 5.68. The maximum atomic E-state index is 13.2. The molecule has 1 amide bonds. The van der Waals surface area contributed by atoms with E-state index in [1.54, 1.807) is 17.0 Å². The number of piperidine rings is 1. The van der Waals surface area contributed by atoms with Crippen molar-refractivity contribution in [2.24, 2.45) is 5.92 Å². The first-order valence-electron chi connectivity index (χ1n) is 8.16. The molecule has 1 atom stereocenters. The van der Waals surface area contributed by atoms with Crippen LogP contribution in [0.15, 0.2) is 24.3 Å². The van der Waals surface area contributed by atoms with Gasteiger partial charge in [-0.2, -0.15) is 0 Å². The van der Waals surface area contributed by atoms with Crippen LogP contribution in [0, 0.1) is 11.7 Å². The fourth-order valence-corrected chi connectivity index (χ4v) is 2.84. The number of ether oxygens (including phenoxy) is 1. The van der Waals surface area contributed by atoms with Crippen LogP contribution in [0.4, 0.5) is 9.18 Å². The monoisotopic (exact) mass is 323 g/mol. The number of hydrogen-bond donors (Lipinski definition) is 1. The van der Waals surface area contributed by atoms with Gasteiger partial charge < -0.3 is 14.7 Å². The summed E-state index contributed by atoms with van der Waals surface area (Å²) in [6.07, 6.45) is 1.30. The molecule has 0 spiro atoms. The molecule has 5 heteroatoms. The molecule has 128 valence electrons. The van der Waals surface area contributed by atoms with Crippen LogP contribution >= 0.6 is 0 Å². The van der Waals surface area contributed by atoms with E-state index in [2.05, 4.69) is 0 Å². The lowest BCUT2D eigenvalue weighted by molar-refractivity contribution is 0.0161. The highest BCUT2D eigenvalue weighted by Crippen LogP contribution is 2.29. The predicted octanol–water partition coefficient (Wildman–Crippen LogP) is 3.90. The molecule has 1 unspecified atom stereocenters. The Morgan fingerprint density at radius 3 is 2.61 bits per heavy atom. The molecule has 1 aliphatic heterocycles. The number of hydrogen-bond acceptors (Lipinski definition) is 3. The second kappa shape index (κ2) is 7.30. The van der Waals surface area contributed by atoms with Gasteiger partial charge >= 0.3 is 6.09 Å². The molecule has 0 radical (unpaired) electrons. The summed E-state index contributed by atoms with van der Waals surface area (Å²) in [4.78, 5) is 13.7. The molecule has 4 nitrogen and oxygen atoms in total. The molecule has 1 heterocycles. The number of carbonyl (C=O) groups excluding carboxylic acids is 1. The lowest BCUT2D eigenvalue weighted by atomic mass is 9.89. The molecule has 1 aromatic rings. The van der Waals surface area contributed by atoms with E-state index in [4.69, 9.17) is 4.74 Å². The fraction of sp³-hybridized carbons (Fsp3) is 0.611. The molecule has 1 saturated heterocycles. The van der Waals surface area contributed by atoms with Gasteiger partial charge in [-0.25, -0.2) is 9.18 Å². The number of aliphatic hydroxyl groups excluding tert-OH is 1. The molecule has 1 N–H and O–H groups in total. The van der Waals surface area contributed by atoms with Crippen LogP contribution in [0.2, 0.25) is 0 Å². The minimum Gasteiger partial charge on any atom is -0.444 e. The van der Waals surface area contributed by atoms with Crippen LogP contribution in [-0.4, -0.2) is 34.8 Å². The number of rotatable bonds is 3. The van der Waals surface area contributed by atoms with Gasteiger partial charge in [0.15, 0.2) is 0 Å². The van der Waals surface area contributed by atoms with Crippen LogP contribution in [0.3, 0.4) is 0 Å². The van der Waals surface area contributed by atoms with Gasteiger partial charge in [0.05, 0.1) is 6.10 Å². The zero-order valence-corrected chi connectivity index (χ0v) is 14.1. The highest BCUT2D eigenvalue weighted by atomic mass is 19.1. The van der Waals surface area contributed by atoms with Crippen molar-refractivity contribution in [3.05, 3.63) is 35.6 Å². The first-order valence-corrected chi connectivity index (χ1v) is 8.16. The van der Waals surface area contributed by atoms with E-state index in [9.17, 15) is 14.3 Å². The SMILES string of the molecule is CC(C)(C)OC(=O)N1CCC(CC(O)c2cccc(F)c2)CC1. The molecule has 1 fully saturated rings. The van der Waals surface area contributed by atoms with Crippen LogP contribution < -0.4 is 0 Å². The lowest BCUT2D eigenvalue weighted by Gasteiger charge is -2.34. The number of likely N-dealkylation sites (tertiary alicyclic amines) is 1. The van der Waals surface area contributed by atoms with Gasteiger partial charge in [0.1, 0.15) is 11.4 Å². The summed E-state index contributed by atoms with van der Waals surface area (Å²) in [5.41, 5.74) is 0.126. The summed E-state index contributed by atoms with van der Waals surface area (Å²) < 4.78 is 18.6. The van der Waals surface area contributed by atoms with Crippen molar-refractivity contribution < 1.29 is 19.0 Å². The molecule has 1 aliphatic rings. The standard InChI is InChI=1S/C18H26FNO3/c1-18(2,3)23-17(22)20-9-7-13(8-10-20)11-16(21)14-5-4-6-15(19)12-14/h4-6,12-13,16,21H,7-11H2,1-3H3. The zero-order chi connectivity index (χ0) is 17.0. The lowest BCUT2D eigenvalue weighted by Crippen LogP contribution is -2.41. The van der Waals surface area contributed by atoms with Gasteiger partial charge in [-0.05, 0) is 63.6 Å². The molecular weight excluding hydrogens is 297 g/mol. The Morgan fingerprint density at radius 1 is 1.39 bits per heavy atom. The van der Waals surface area contributed by atoms with E-state index in [-0.39, 0.29) is 11.9 Å². The summed E-state index contributed by atoms with van der Waals surface area (Å²) in [5.74, 6) is -0.00625. The van der Waals surface area contributed by atoms with Gasteiger partial charge in [0.2, 0.25) is 0 Å². The van der Waals surface area contributed by atoms with Crippen molar-refractivity contribution in [2.75, 3.05) is 13.1 Å². The second-order valence-electron chi connectivity index (χ2n) is 7.22. The van der Waals surface area contributed by atoms with Gasteiger partial charge in [0, 0.05) is 13.1 Å². The quantitative estimate of drug-likeness (QED) is 0.918. The van der Waals surface area contributed by atoms with Crippen molar-refractivity contribution in [1.29, 1.82) is 0 Å². The van der Waals surface area contributed by atoms with E-state index in [0.717, 1.165) is 12.8 Å². The predicted molar refractivity (Wildman–Crippen MR) is 86.5 cm³/mol. The fourth-order valence-electron chi connectivity index (χ4n) is 2.84. The normalized spacial score (nSPS) is 17.9. The van der Waals surface area contributed by atoms with Gasteiger partial charge in [0.25, 0.3) is 0 Å². The third-order valence-electron chi connectivity index (χ3n) is 4.06. The molecule has 0 saturated carbocycles. The second-order valence-corrected chi connectivity index (χ2v) is 7.22. The molecule has 0 aromatic heterocycles. The Balaban J connectivity index is 1.81. The van der Waals surface area contributed by atoms with Crippen LogP contribution in [-0.2, 0) is 4.74 Å². The number of carbonyl (C=O) groups is 1. The van der Waals surface area contributed by atoms with Crippen LogP contribution in [0.1, 0.15) is 51.7 Å². The summed E-state index contributed by atoms with van der Waals surface area (Å²) in [5, 5.41) is 10.3. The zero-order valence-electron chi connectivity index (χ0n) is 14.1. The van der Waals surface area contributed by atoms with Crippen molar-refractivity contribution in [3.63, 3.8) is 0 Å². The van der Waals surface area contributed by atoms with E-state index < -0.39 is 11.7 Å². The largest absolute Gasteiger partial charge is 0.444 e. The maximum Gasteiger partial charge on any atom is 0.410 e. The first kappa shape index (κ1) is 17.7. The van der Waals surface area contributed by atoms with Gasteiger partial charge in [-0.15, -0.1) is 0 Å². The number of halogens is 1. The van der Waals surface area contributed by atoms with Crippen molar-refractivity contribution in [2.45, 2.75) is 51.7 Å². The summed E-state index contributed by atoms with van der Waals surface area (Å²) >= 11 is 0. The summed E-state index contributed by atoms with van der Waals surface area (Å²) in [6.45, 7) is 6.83. The van der Waals surface area contributed by atoms with Crippen molar-refractivity contribution in [1.82, 2.24) is 4.90 Å². The number of aliphatic hydroxyl groups is 1. The number of nitrogens with zero attached hydrogens (tertiary/aromatic N) is 1. The minimum atomic E-state index is -0.663. The molecule has 0 bridgehead atoms. The molecular formula is C18H26FNO3. The van der Waals surface area contributed by atoms with Crippen molar-refractivity contribution >= 4 is 6.09 Å². The van der Waals surface area contributed by atoms with E-state index in [0.29, 0.717) is 31.0 Å². The Bertz CT molecular complexity index is 533. The average molecular weight is 323 g/mol. The first-order chi connectivity index (χ1) is 10.7. The number of benzene rings is 1. The van der Waals surface area contributed by atoms with Crippen LogP contribution in [0.5, 0.6) is 0 Å². The van der Waals surface area contributed by atoms with Crippen LogP contribution in [0.25, 0.3) is 0 Å². The smallest absolute Gasteiger partial charge is 0.410 e. The minimum absolute atomic E-state index is 0.276. The third kappa shape index (κ3) is 5.50. The molecule has 0 aliphatic carbocycles. The Kier molecular flexibility index (Phi) is 5.63. The van der Waals surface area contributed by atoms with E-state index in [1.807, 2.05) is 20.8 Å². The molecule has 23 heavy (non-hydrogen) atoms. The van der Waals surface area contributed by atoms with Gasteiger partial charge in [-0.3, -0.25) is 0 Å². The third-order valence-corrected chi connectivity index (χ3v) is 4.06. The summed E-state index contributed by atoms with van der Waals surface area (Å²) in [7, 11) is 0. The Hall–Kier alpha value is -1.62. The highest BCUT2D eigenvalue weighted by Gasteiger charge is 2.28. The molecule has 1 aromatic carbocycles. The van der Waals surface area contributed by atoms with Crippen molar-refractivity contribution in [3.8, 4) is 0 Å². The maximum absolute atomic E-state index is 13.2. The Labute approximate surface area is 137 Å². The number of amides is 1. The summed E-state index contributed by atoms with van der Waals surface area (Å²) in [6, 6.07) is 6.10. The van der Waals surface area contributed by atoms with Gasteiger partial charge in [-0.1, -0.05) is 12.1 Å².